The normalized spacial score (nSPS) is 16.8. The second-order valence-electron chi connectivity index (χ2n) is 4.19. The highest BCUT2D eigenvalue weighted by Gasteiger charge is 2.18. The van der Waals surface area contributed by atoms with Crippen molar-refractivity contribution in [2.75, 3.05) is 0 Å². The average Bonchev–Trinajstić information content (AvgIpc) is 2.57. The molecule has 0 unspecified atom stereocenters. The van der Waals surface area contributed by atoms with Crippen LogP contribution in [0.2, 0.25) is 0 Å². The Morgan fingerprint density at radius 3 is 2.69 bits per heavy atom. The lowest BCUT2D eigenvalue weighted by molar-refractivity contribution is 0.430. The molecule has 0 radical (unpaired) electrons. The number of nitrogens with zero attached hydrogens (tertiary/aromatic N) is 1. The zero-order valence-corrected chi connectivity index (χ0v) is 9.07. The molecule has 0 bridgehead atoms. The van der Waals surface area contributed by atoms with Crippen LogP contribution in [0.15, 0.2) is 28.8 Å². The minimum absolute atomic E-state index is 0.492. The van der Waals surface area contributed by atoms with Crippen molar-refractivity contribution in [2.24, 2.45) is 0 Å². The van der Waals surface area contributed by atoms with Gasteiger partial charge < -0.3 is 4.52 Å². The fraction of sp³-hybridized carbons (Fsp3) is 0.357. The van der Waals surface area contributed by atoms with Crippen molar-refractivity contribution in [2.45, 2.75) is 31.6 Å². The van der Waals surface area contributed by atoms with E-state index in [0.717, 1.165) is 42.3 Å². The summed E-state index contributed by atoms with van der Waals surface area (Å²) in [5, 5.41) is 5.39. The second kappa shape index (κ2) is 4.02. The van der Waals surface area contributed by atoms with Gasteiger partial charge in [-0.25, -0.2) is 0 Å². The number of para-hydroxylation sites is 1. The number of fused-ring (bicyclic) bond motifs is 1. The maximum Gasteiger partial charge on any atom is 0.167 e. The van der Waals surface area contributed by atoms with E-state index in [0.29, 0.717) is 5.92 Å². The number of rotatable bonds is 1. The zero-order valence-electron chi connectivity index (χ0n) is 9.07. The molecule has 0 saturated carbocycles. The summed E-state index contributed by atoms with van der Waals surface area (Å²) in [6.45, 7) is 0. The third-order valence-electron chi connectivity index (χ3n) is 3.15. The van der Waals surface area contributed by atoms with Crippen LogP contribution >= 0.6 is 0 Å². The minimum atomic E-state index is 0.492. The van der Waals surface area contributed by atoms with Crippen LogP contribution in [-0.2, 0) is 0 Å². The molecule has 0 spiro atoms. The van der Waals surface area contributed by atoms with Crippen molar-refractivity contribution in [3.63, 3.8) is 0 Å². The fourth-order valence-corrected chi connectivity index (χ4v) is 2.29. The van der Waals surface area contributed by atoms with Crippen LogP contribution in [0.5, 0.6) is 0 Å². The Morgan fingerprint density at radius 2 is 1.88 bits per heavy atom. The van der Waals surface area contributed by atoms with E-state index in [9.17, 15) is 0 Å². The Bertz CT molecular complexity index is 547. The van der Waals surface area contributed by atoms with E-state index >= 15 is 0 Å². The molecule has 3 rings (SSSR count). The van der Waals surface area contributed by atoms with E-state index in [-0.39, 0.29) is 0 Å². The molecule has 2 heteroatoms. The zero-order chi connectivity index (χ0) is 10.8. The van der Waals surface area contributed by atoms with Gasteiger partial charge in [0.25, 0.3) is 0 Å². The van der Waals surface area contributed by atoms with Gasteiger partial charge in [-0.1, -0.05) is 17.3 Å². The highest BCUT2D eigenvalue weighted by molar-refractivity contribution is 5.79. The molecule has 1 aromatic carbocycles. The monoisotopic (exact) mass is 211 g/mol. The highest BCUT2D eigenvalue weighted by atomic mass is 16.5. The lowest BCUT2D eigenvalue weighted by atomic mass is 9.94. The van der Waals surface area contributed by atoms with Gasteiger partial charge in [-0.3, -0.25) is 0 Å². The topological polar surface area (TPSA) is 26.0 Å². The molecule has 2 nitrogen and oxygen atoms in total. The number of hydrogen-bond donors (Lipinski definition) is 0. The van der Waals surface area contributed by atoms with Crippen molar-refractivity contribution in [3.8, 4) is 11.8 Å². The number of benzene rings is 1. The molecule has 1 aliphatic carbocycles. The summed E-state index contributed by atoms with van der Waals surface area (Å²) in [6.07, 6.45) is 4.16. The molecule has 1 aliphatic rings. The third-order valence-corrected chi connectivity index (χ3v) is 3.15. The molecular weight excluding hydrogens is 198 g/mol. The molecule has 0 N–H and O–H groups in total. The third kappa shape index (κ3) is 1.59. The molecule has 0 aliphatic heterocycles. The van der Waals surface area contributed by atoms with E-state index in [4.69, 9.17) is 4.52 Å². The largest absolute Gasteiger partial charge is 0.356 e. The first-order chi connectivity index (χ1) is 7.95. The SMILES string of the molecule is C1#CCCC(c2noc3ccccc23)CC1. The van der Waals surface area contributed by atoms with Gasteiger partial charge in [0.15, 0.2) is 5.58 Å². The van der Waals surface area contributed by atoms with Crippen LogP contribution in [0.25, 0.3) is 11.0 Å². The Morgan fingerprint density at radius 1 is 1.12 bits per heavy atom. The van der Waals surface area contributed by atoms with Gasteiger partial charge in [0.05, 0.1) is 5.69 Å². The Kier molecular flexibility index (Phi) is 2.38. The van der Waals surface area contributed by atoms with Crippen LogP contribution in [-0.4, -0.2) is 5.16 Å². The molecule has 0 atom stereocenters. The van der Waals surface area contributed by atoms with Crippen LogP contribution < -0.4 is 0 Å². The van der Waals surface area contributed by atoms with E-state index in [1.807, 2.05) is 18.2 Å². The van der Waals surface area contributed by atoms with Crippen molar-refractivity contribution >= 4 is 11.0 Å². The van der Waals surface area contributed by atoms with Gasteiger partial charge in [0.2, 0.25) is 0 Å². The highest BCUT2D eigenvalue weighted by Crippen LogP contribution is 2.31. The quantitative estimate of drug-likeness (QED) is 0.675. The fourth-order valence-electron chi connectivity index (χ4n) is 2.29. The van der Waals surface area contributed by atoms with Gasteiger partial charge in [0, 0.05) is 24.1 Å². The van der Waals surface area contributed by atoms with Gasteiger partial charge in [-0.15, -0.1) is 11.8 Å². The summed E-state index contributed by atoms with van der Waals surface area (Å²) in [4.78, 5) is 0. The molecule has 2 aromatic rings. The molecule has 0 fully saturated rings. The molecule has 80 valence electrons. The lowest BCUT2D eigenvalue weighted by Gasteiger charge is -2.09. The first-order valence-corrected chi connectivity index (χ1v) is 5.75. The van der Waals surface area contributed by atoms with E-state index in [2.05, 4.69) is 23.1 Å². The van der Waals surface area contributed by atoms with Crippen LogP contribution in [0.3, 0.4) is 0 Å². The predicted molar refractivity (Wildman–Crippen MR) is 63.0 cm³/mol. The predicted octanol–water partition coefficient (Wildman–Crippen LogP) is 3.49. The van der Waals surface area contributed by atoms with E-state index in [1.165, 1.54) is 0 Å². The van der Waals surface area contributed by atoms with Crippen LogP contribution in [0.4, 0.5) is 0 Å². The summed E-state index contributed by atoms with van der Waals surface area (Å²) < 4.78 is 5.35. The van der Waals surface area contributed by atoms with Crippen molar-refractivity contribution in [3.05, 3.63) is 30.0 Å². The summed E-state index contributed by atoms with van der Waals surface area (Å²) >= 11 is 0. The van der Waals surface area contributed by atoms with Crippen LogP contribution in [0.1, 0.15) is 37.3 Å². The van der Waals surface area contributed by atoms with Crippen molar-refractivity contribution in [1.82, 2.24) is 5.16 Å². The Balaban J connectivity index is 1.99. The molecule has 1 aromatic heterocycles. The number of hydrogen-bond acceptors (Lipinski definition) is 2. The van der Waals surface area contributed by atoms with Crippen molar-refractivity contribution in [1.29, 1.82) is 0 Å². The first kappa shape index (κ1) is 9.47. The summed E-state index contributed by atoms with van der Waals surface area (Å²) in [5.41, 5.74) is 2.00. The van der Waals surface area contributed by atoms with Gasteiger partial charge in [-0.2, -0.15) is 0 Å². The molecular formula is C14H13NO. The van der Waals surface area contributed by atoms with Crippen LogP contribution in [0, 0.1) is 11.8 Å². The summed E-state index contributed by atoms with van der Waals surface area (Å²) in [5.74, 6) is 6.85. The summed E-state index contributed by atoms with van der Waals surface area (Å²) in [6, 6.07) is 8.08. The van der Waals surface area contributed by atoms with Gasteiger partial charge >= 0.3 is 0 Å². The number of aromatic nitrogens is 1. The molecule has 1 heterocycles. The molecule has 0 saturated heterocycles. The summed E-state index contributed by atoms with van der Waals surface area (Å²) in [7, 11) is 0. The lowest BCUT2D eigenvalue weighted by Crippen LogP contribution is -1.98. The maximum atomic E-state index is 5.35. The minimum Gasteiger partial charge on any atom is -0.356 e. The van der Waals surface area contributed by atoms with Gasteiger partial charge in [0.1, 0.15) is 0 Å². The van der Waals surface area contributed by atoms with E-state index < -0.39 is 0 Å². The standard InChI is InChI=1S/C14H13NO/c1-2-4-8-11(7-3-1)14-12-9-5-6-10-13(12)16-15-14/h5-6,9-11H,3-4,7-8H2. The molecule has 16 heavy (non-hydrogen) atoms. The van der Waals surface area contributed by atoms with Crippen molar-refractivity contribution < 1.29 is 4.52 Å². The smallest absolute Gasteiger partial charge is 0.167 e. The molecule has 0 amide bonds. The second-order valence-corrected chi connectivity index (χ2v) is 4.19. The van der Waals surface area contributed by atoms with E-state index in [1.54, 1.807) is 0 Å². The Labute approximate surface area is 94.6 Å². The first-order valence-electron chi connectivity index (χ1n) is 5.75. The Hall–Kier alpha value is -1.75. The van der Waals surface area contributed by atoms with Gasteiger partial charge in [-0.05, 0) is 25.0 Å². The maximum absolute atomic E-state index is 5.35. The average molecular weight is 211 g/mol.